The summed E-state index contributed by atoms with van der Waals surface area (Å²) >= 11 is 0. The van der Waals surface area contributed by atoms with Crippen molar-refractivity contribution < 1.29 is 4.79 Å². The third-order valence-corrected chi connectivity index (χ3v) is 5.05. The Morgan fingerprint density at radius 2 is 1.91 bits per heavy atom. The third kappa shape index (κ3) is 4.67. The van der Waals surface area contributed by atoms with Crippen molar-refractivity contribution in [1.82, 2.24) is 15.2 Å². The Morgan fingerprint density at radius 1 is 1.17 bits per heavy atom. The van der Waals surface area contributed by atoms with Crippen molar-refractivity contribution in [3.63, 3.8) is 0 Å². The number of amides is 1. The Labute approximate surface area is 145 Å². The largest absolute Gasteiger partial charge is 0.333 e. The lowest BCUT2D eigenvalue weighted by Gasteiger charge is -2.38. The highest BCUT2D eigenvalue weighted by Gasteiger charge is 2.32. The van der Waals surface area contributed by atoms with Crippen LogP contribution < -0.4 is 5.32 Å². The molecule has 4 nitrogen and oxygen atoms in total. The molecule has 3 rings (SSSR count). The van der Waals surface area contributed by atoms with Crippen LogP contribution in [0.1, 0.15) is 56.6 Å². The fraction of sp³-hybridized carbons (Fsp3) is 0.667. The molecule has 0 radical (unpaired) electrons. The zero-order valence-electron chi connectivity index (χ0n) is 13.7. The number of nitrogens with zero attached hydrogens (tertiary/aromatic N) is 2. The van der Waals surface area contributed by atoms with E-state index in [1.807, 2.05) is 12.3 Å². The second kappa shape index (κ2) is 9.24. The number of hydrogen-bond acceptors (Lipinski definition) is 3. The summed E-state index contributed by atoms with van der Waals surface area (Å²) in [5.41, 5.74) is 1.15. The van der Waals surface area contributed by atoms with Gasteiger partial charge in [0.1, 0.15) is 0 Å². The van der Waals surface area contributed by atoms with Crippen LogP contribution in [-0.2, 0) is 4.79 Å². The van der Waals surface area contributed by atoms with Crippen molar-refractivity contribution in [3.8, 4) is 0 Å². The van der Waals surface area contributed by atoms with E-state index in [4.69, 9.17) is 0 Å². The van der Waals surface area contributed by atoms with Crippen LogP contribution in [0.3, 0.4) is 0 Å². The first kappa shape index (κ1) is 18.2. The van der Waals surface area contributed by atoms with Gasteiger partial charge >= 0.3 is 0 Å². The Balaban J connectivity index is 0.00000192. The third-order valence-electron chi connectivity index (χ3n) is 5.05. The maximum atomic E-state index is 13.1. The Hall–Kier alpha value is -1.13. The molecule has 1 N–H and O–H groups in total. The second-order valence-corrected chi connectivity index (χ2v) is 6.58. The normalized spacial score (nSPS) is 23.5. The summed E-state index contributed by atoms with van der Waals surface area (Å²) in [5, 5.41) is 3.42. The van der Waals surface area contributed by atoms with Crippen LogP contribution in [-0.4, -0.2) is 35.4 Å². The summed E-state index contributed by atoms with van der Waals surface area (Å²) in [6, 6.07) is 4.19. The first-order valence-corrected chi connectivity index (χ1v) is 8.77. The minimum atomic E-state index is 0. The monoisotopic (exact) mass is 337 g/mol. The lowest BCUT2D eigenvalue weighted by Crippen LogP contribution is -2.50. The Morgan fingerprint density at radius 3 is 2.61 bits per heavy atom. The van der Waals surface area contributed by atoms with Gasteiger partial charge in [-0.2, -0.15) is 0 Å². The fourth-order valence-corrected chi connectivity index (χ4v) is 3.78. The van der Waals surface area contributed by atoms with Crippen molar-refractivity contribution in [2.24, 2.45) is 5.92 Å². The van der Waals surface area contributed by atoms with Crippen LogP contribution in [0.2, 0.25) is 0 Å². The van der Waals surface area contributed by atoms with Gasteiger partial charge in [-0.3, -0.25) is 9.78 Å². The lowest BCUT2D eigenvalue weighted by atomic mass is 9.89. The number of carbonyl (C=O) groups is 1. The fourth-order valence-electron chi connectivity index (χ4n) is 3.78. The molecule has 2 aliphatic rings. The van der Waals surface area contributed by atoms with Crippen molar-refractivity contribution in [3.05, 3.63) is 30.1 Å². The van der Waals surface area contributed by atoms with Gasteiger partial charge in [-0.1, -0.05) is 38.2 Å². The minimum Gasteiger partial charge on any atom is -0.333 e. The SMILES string of the molecule is Cl.O=C(C1CCCCCCC1)N1CCNCC1c1cccnc1. The van der Waals surface area contributed by atoms with Gasteiger partial charge in [-0.05, 0) is 24.5 Å². The number of aromatic nitrogens is 1. The Kier molecular flexibility index (Phi) is 7.31. The van der Waals surface area contributed by atoms with E-state index in [1.54, 1.807) is 6.20 Å². The molecule has 5 heteroatoms. The van der Waals surface area contributed by atoms with E-state index in [0.717, 1.165) is 38.0 Å². The number of piperazine rings is 1. The molecule has 1 aromatic rings. The molecule has 0 spiro atoms. The van der Waals surface area contributed by atoms with Crippen LogP contribution >= 0.6 is 12.4 Å². The van der Waals surface area contributed by atoms with E-state index in [2.05, 4.69) is 21.3 Å². The van der Waals surface area contributed by atoms with Crippen LogP contribution in [0, 0.1) is 5.92 Å². The number of carbonyl (C=O) groups excluding carboxylic acids is 1. The summed E-state index contributed by atoms with van der Waals surface area (Å²) in [4.78, 5) is 19.4. The molecule has 23 heavy (non-hydrogen) atoms. The molecule has 1 aromatic heterocycles. The van der Waals surface area contributed by atoms with E-state index >= 15 is 0 Å². The average Bonchev–Trinajstić information content (AvgIpc) is 2.55. The molecule has 1 aliphatic heterocycles. The van der Waals surface area contributed by atoms with Crippen molar-refractivity contribution in [1.29, 1.82) is 0 Å². The zero-order chi connectivity index (χ0) is 15.2. The number of nitrogens with one attached hydrogen (secondary N) is 1. The second-order valence-electron chi connectivity index (χ2n) is 6.58. The quantitative estimate of drug-likeness (QED) is 0.900. The van der Waals surface area contributed by atoms with Crippen molar-refractivity contribution in [2.75, 3.05) is 19.6 Å². The molecule has 0 bridgehead atoms. The van der Waals surface area contributed by atoms with Gasteiger partial charge < -0.3 is 10.2 Å². The summed E-state index contributed by atoms with van der Waals surface area (Å²) in [7, 11) is 0. The molecule has 1 aliphatic carbocycles. The van der Waals surface area contributed by atoms with Gasteiger partial charge in [-0.15, -0.1) is 12.4 Å². The molecular formula is C18H28ClN3O. The molecule has 1 amide bonds. The molecule has 2 fully saturated rings. The smallest absolute Gasteiger partial charge is 0.226 e. The highest BCUT2D eigenvalue weighted by atomic mass is 35.5. The highest BCUT2D eigenvalue weighted by molar-refractivity contribution is 5.85. The predicted molar refractivity (Wildman–Crippen MR) is 94.6 cm³/mol. The van der Waals surface area contributed by atoms with Gasteiger partial charge in [0.2, 0.25) is 5.91 Å². The molecule has 2 heterocycles. The summed E-state index contributed by atoms with van der Waals surface area (Å²) < 4.78 is 0. The van der Waals surface area contributed by atoms with Crippen molar-refractivity contribution in [2.45, 2.75) is 51.0 Å². The standard InChI is InChI=1S/C18H27N3O.ClH/c22-18(15-7-4-2-1-3-5-8-15)21-12-11-20-14-17(21)16-9-6-10-19-13-16;/h6,9-10,13,15,17,20H,1-5,7-8,11-12,14H2;1H. The Bertz CT molecular complexity index is 474. The molecule has 1 atom stereocenters. The van der Waals surface area contributed by atoms with Crippen molar-refractivity contribution >= 4 is 18.3 Å². The first-order valence-electron chi connectivity index (χ1n) is 8.77. The van der Waals surface area contributed by atoms with E-state index in [9.17, 15) is 4.79 Å². The van der Waals surface area contributed by atoms with Crippen LogP contribution in [0.4, 0.5) is 0 Å². The maximum Gasteiger partial charge on any atom is 0.226 e. The average molecular weight is 338 g/mol. The topological polar surface area (TPSA) is 45.2 Å². The van der Waals surface area contributed by atoms with Gasteiger partial charge in [0.15, 0.2) is 0 Å². The van der Waals surface area contributed by atoms with Gasteiger partial charge in [0.05, 0.1) is 6.04 Å². The molecule has 1 saturated heterocycles. The van der Waals surface area contributed by atoms with Gasteiger partial charge in [0, 0.05) is 37.9 Å². The maximum absolute atomic E-state index is 13.1. The number of hydrogen-bond donors (Lipinski definition) is 1. The number of halogens is 1. The minimum absolute atomic E-state index is 0. The highest BCUT2D eigenvalue weighted by Crippen LogP contribution is 2.28. The number of pyridine rings is 1. The van der Waals surface area contributed by atoms with Crippen LogP contribution in [0.5, 0.6) is 0 Å². The summed E-state index contributed by atoms with van der Waals surface area (Å²) in [6.45, 7) is 2.55. The molecule has 128 valence electrons. The number of rotatable bonds is 2. The first-order chi connectivity index (χ1) is 10.9. The molecular weight excluding hydrogens is 310 g/mol. The lowest BCUT2D eigenvalue weighted by molar-refractivity contribution is -0.139. The summed E-state index contributed by atoms with van der Waals surface area (Å²) in [6.07, 6.45) is 12.2. The van der Waals surface area contributed by atoms with E-state index in [1.165, 1.54) is 32.1 Å². The van der Waals surface area contributed by atoms with Gasteiger partial charge in [0.25, 0.3) is 0 Å². The predicted octanol–water partition coefficient (Wildman–Crippen LogP) is 3.34. The van der Waals surface area contributed by atoms with E-state index in [-0.39, 0.29) is 24.4 Å². The summed E-state index contributed by atoms with van der Waals surface area (Å²) in [5.74, 6) is 0.606. The molecule has 1 saturated carbocycles. The van der Waals surface area contributed by atoms with E-state index in [0.29, 0.717) is 5.91 Å². The zero-order valence-corrected chi connectivity index (χ0v) is 14.6. The van der Waals surface area contributed by atoms with Crippen LogP contribution in [0.15, 0.2) is 24.5 Å². The molecule has 0 aromatic carbocycles. The molecule has 1 unspecified atom stereocenters. The van der Waals surface area contributed by atoms with Crippen LogP contribution in [0.25, 0.3) is 0 Å². The van der Waals surface area contributed by atoms with E-state index < -0.39 is 0 Å². The van der Waals surface area contributed by atoms with Gasteiger partial charge in [-0.25, -0.2) is 0 Å².